The van der Waals surface area contributed by atoms with Crippen molar-refractivity contribution in [3.8, 4) is 0 Å². The van der Waals surface area contributed by atoms with E-state index in [1.54, 1.807) is 18.0 Å². The van der Waals surface area contributed by atoms with Gasteiger partial charge < -0.3 is 9.64 Å². The first kappa shape index (κ1) is 12.9. The molecule has 1 saturated heterocycles. The summed E-state index contributed by atoms with van der Waals surface area (Å²) in [5.74, 6) is -0.0354. The number of nitrogens with zero attached hydrogens (tertiary/aromatic N) is 1. The molecule has 2 rings (SSSR count). The zero-order valence-corrected chi connectivity index (χ0v) is 11.8. The van der Waals surface area contributed by atoms with Gasteiger partial charge in [0.05, 0.1) is 10.7 Å². The lowest BCUT2D eigenvalue weighted by Gasteiger charge is -2.21. The van der Waals surface area contributed by atoms with Crippen LogP contribution in [0.5, 0.6) is 0 Å². The van der Waals surface area contributed by atoms with Crippen molar-refractivity contribution in [1.82, 2.24) is 0 Å². The van der Waals surface area contributed by atoms with Crippen LogP contribution in [0.15, 0.2) is 22.7 Å². The zero-order chi connectivity index (χ0) is 12.4. The van der Waals surface area contributed by atoms with Crippen molar-refractivity contribution in [3.63, 3.8) is 0 Å². The lowest BCUT2D eigenvalue weighted by molar-refractivity contribution is -0.127. The van der Waals surface area contributed by atoms with Crippen LogP contribution in [0.3, 0.4) is 0 Å². The van der Waals surface area contributed by atoms with Gasteiger partial charge in [0.1, 0.15) is 6.10 Å². The summed E-state index contributed by atoms with van der Waals surface area (Å²) in [5.41, 5.74) is 0.704. The minimum absolute atomic E-state index is 0.0354. The largest absolute Gasteiger partial charge is 0.368 e. The van der Waals surface area contributed by atoms with Crippen LogP contribution in [0.4, 0.5) is 5.69 Å². The smallest absolute Gasteiger partial charge is 0.255 e. The Labute approximate surface area is 114 Å². The van der Waals surface area contributed by atoms with Gasteiger partial charge in [-0.2, -0.15) is 0 Å². The third-order valence-electron chi connectivity index (χ3n) is 2.81. The fourth-order valence-electron chi connectivity index (χ4n) is 1.86. The van der Waals surface area contributed by atoms with Crippen molar-refractivity contribution in [2.45, 2.75) is 18.9 Å². The summed E-state index contributed by atoms with van der Waals surface area (Å²) in [7, 11) is 1.72. The molecule has 0 radical (unpaired) electrons. The van der Waals surface area contributed by atoms with E-state index in [2.05, 4.69) is 15.9 Å². The summed E-state index contributed by atoms with van der Waals surface area (Å²) in [6.45, 7) is 0.665. The standard InChI is InChI=1S/C12H13BrClNO2/c1-15(12(16)11-3-2-6-17-11)10-5-4-8(13)7-9(10)14/h4-5,7,11H,2-3,6H2,1H3/t11-/m1/s1. The molecule has 1 aromatic rings. The second-order valence-electron chi connectivity index (χ2n) is 3.99. The van der Waals surface area contributed by atoms with Crippen LogP contribution in [0.25, 0.3) is 0 Å². The molecule has 0 saturated carbocycles. The number of likely N-dealkylation sites (N-methyl/N-ethyl adjacent to an activating group) is 1. The van der Waals surface area contributed by atoms with Gasteiger partial charge >= 0.3 is 0 Å². The molecule has 92 valence electrons. The average Bonchev–Trinajstić information content (AvgIpc) is 2.80. The van der Waals surface area contributed by atoms with E-state index < -0.39 is 0 Å². The molecular weight excluding hydrogens is 305 g/mol. The average molecular weight is 319 g/mol. The number of halogens is 2. The van der Waals surface area contributed by atoms with Crippen molar-refractivity contribution in [2.75, 3.05) is 18.6 Å². The third-order valence-corrected chi connectivity index (χ3v) is 3.60. The molecular formula is C12H13BrClNO2. The Morgan fingerprint density at radius 1 is 1.59 bits per heavy atom. The topological polar surface area (TPSA) is 29.5 Å². The normalized spacial score (nSPS) is 19.4. The summed E-state index contributed by atoms with van der Waals surface area (Å²) in [4.78, 5) is 13.7. The van der Waals surface area contributed by atoms with E-state index in [-0.39, 0.29) is 12.0 Å². The molecule has 1 heterocycles. The molecule has 0 aromatic heterocycles. The maximum atomic E-state index is 12.1. The van der Waals surface area contributed by atoms with E-state index >= 15 is 0 Å². The molecule has 5 heteroatoms. The second kappa shape index (κ2) is 5.38. The molecule has 1 aliphatic heterocycles. The van der Waals surface area contributed by atoms with Crippen LogP contribution in [0.2, 0.25) is 5.02 Å². The highest BCUT2D eigenvalue weighted by Crippen LogP contribution is 2.29. The Kier molecular flexibility index (Phi) is 4.07. The molecule has 0 unspecified atom stereocenters. The molecule has 1 atom stereocenters. The molecule has 1 amide bonds. The van der Waals surface area contributed by atoms with E-state index in [9.17, 15) is 4.79 Å². The summed E-state index contributed by atoms with van der Waals surface area (Å²) < 4.78 is 6.27. The minimum atomic E-state index is -0.320. The van der Waals surface area contributed by atoms with Crippen molar-refractivity contribution in [2.24, 2.45) is 0 Å². The molecule has 3 nitrogen and oxygen atoms in total. The fraction of sp³-hybridized carbons (Fsp3) is 0.417. The van der Waals surface area contributed by atoms with Gasteiger partial charge in [0, 0.05) is 18.1 Å². The van der Waals surface area contributed by atoms with Crippen LogP contribution in [-0.2, 0) is 9.53 Å². The Morgan fingerprint density at radius 2 is 2.35 bits per heavy atom. The predicted octanol–water partition coefficient (Wildman–Crippen LogP) is 3.24. The van der Waals surface area contributed by atoms with Crippen molar-refractivity contribution in [3.05, 3.63) is 27.7 Å². The molecule has 17 heavy (non-hydrogen) atoms. The number of ether oxygens (including phenoxy) is 1. The summed E-state index contributed by atoms with van der Waals surface area (Å²) >= 11 is 9.45. The quantitative estimate of drug-likeness (QED) is 0.838. The van der Waals surface area contributed by atoms with Gasteiger partial charge in [-0.3, -0.25) is 4.79 Å². The maximum Gasteiger partial charge on any atom is 0.255 e. The van der Waals surface area contributed by atoms with E-state index in [4.69, 9.17) is 16.3 Å². The van der Waals surface area contributed by atoms with Gasteiger partial charge in [0.25, 0.3) is 5.91 Å². The lowest BCUT2D eigenvalue weighted by Crippen LogP contribution is -2.36. The number of hydrogen-bond acceptors (Lipinski definition) is 2. The van der Waals surface area contributed by atoms with Crippen LogP contribution in [0, 0.1) is 0 Å². The Bertz CT molecular complexity index is 433. The van der Waals surface area contributed by atoms with Gasteiger partial charge in [0.2, 0.25) is 0 Å². The number of rotatable bonds is 2. The molecule has 0 aliphatic carbocycles. The fourth-order valence-corrected chi connectivity index (χ4v) is 2.66. The van der Waals surface area contributed by atoms with E-state index in [0.29, 0.717) is 17.3 Å². The van der Waals surface area contributed by atoms with E-state index in [1.165, 1.54) is 0 Å². The Morgan fingerprint density at radius 3 is 2.94 bits per heavy atom. The summed E-state index contributed by atoms with van der Waals surface area (Å²) in [6.07, 6.45) is 1.41. The highest BCUT2D eigenvalue weighted by Gasteiger charge is 2.27. The first-order chi connectivity index (χ1) is 8.09. The first-order valence-electron chi connectivity index (χ1n) is 5.44. The number of carbonyl (C=O) groups is 1. The second-order valence-corrected chi connectivity index (χ2v) is 5.32. The SMILES string of the molecule is CN(C(=O)[C@H]1CCCO1)c1ccc(Br)cc1Cl. The number of amides is 1. The molecule has 0 bridgehead atoms. The van der Waals surface area contributed by atoms with Gasteiger partial charge in [0.15, 0.2) is 0 Å². The monoisotopic (exact) mass is 317 g/mol. The Balaban J connectivity index is 2.18. The van der Waals surface area contributed by atoms with Gasteiger partial charge in [-0.1, -0.05) is 27.5 Å². The number of hydrogen-bond donors (Lipinski definition) is 0. The van der Waals surface area contributed by atoms with E-state index in [1.807, 2.05) is 12.1 Å². The molecule has 1 fully saturated rings. The highest BCUT2D eigenvalue weighted by atomic mass is 79.9. The molecule has 1 aromatic carbocycles. The number of carbonyl (C=O) groups excluding carboxylic acids is 1. The van der Waals surface area contributed by atoms with E-state index in [0.717, 1.165) is 17.3 Å². The van der Waals surface area contributed by atoms with Crippen molar-refractivity contribution in [1.29, 1.82) is 0 Å². The summed E-state index contributed by atoms with van der Waals surface area (Å²) in [6, 6.07) is 5.45. The maximum absolute atomic E-state index is 12.1. The van der Waals surface area contributed by atoms with Gasteiger partial charge in [-0.05, 0) is 31.0 Å². The van der Waals surface area contributed by atoms with Crippen LogP contribution in [-0.4, -0.2) is 25.7 Å². The highest BCUT2D eigenvalue weighted by molar-refractivity contribution is 9.10. The summed E-state index contributed by atoms with van der Waals surface area (Å²) in [5, 5.41) is 0.549. The number of benzene rings is 1. The molecule has 0 N–H and O–H groups in total. The van der Waals surface area contributed by atoms with Crippen molar-refractivity contribution < 1.29 is 9.53 Å². The minimum Gasteiger partial charge on any atom is -0.368 e. The number of anilines is 1. The van der Waals surface area contributed by atoms with Crippen LogP contribution in [0.1, 0.15) is 12.8 Å². The third kappa shape index (κ3) is 2.81. The van der Waals surface area contributed by atoms with Crippen LogP contribution >= 0.6 is 27.5 Å². The zero-order valence-electron chi connectivity index (χ0n) is 9.45. The Hall–Kier alpha value is -0.580. The van der Waals surface area contributed by atoms with Crippen molar-refractivity contribution >= 4 is 39.1 Å². The first-order valence-corrected chi connectivity index (χ1v) is 6.61. The van der Waals surface area contributed by atoms with Gasteiger partial charge in [-0.25, -0.2) is 0 Å². The molecule has 0 spiro atoms. The predicted molar refractivity (Wildman–Crippen MR) is 71.5 cm³/mol. The molecule has 1 aliphatic rings. The van der Waals surface area contributed by atoms with Gasteiger partial charge in [-0.15, -0.1) is 0 Å². The van der Waals surface area contributed by atoms with Crippen LogP contribution < -0.4 is 4.90 Å². The lowest BCUT2D eigenvalue weighted by atomic mass is 10.2.